The number of nitrogens with zero attached hydrogens (tertiary/aromatic N) is 2. The molecule has 0 N–H and O–H groups in total. The molecular weight excluding hydrogens is 332 g/mol. The van der Waals surface area contributed by atoms with E-state index in [4.69, 9.17) is 11.6 Å². The highest BCUT2D eigenvalue weighted by Crippen LogP contribution is 2.34. The van der Waals surface area contributed by atoms with Crippen molar-refractivity contribution in [3.63, 3.8) is 0 Å². The zero-order chi connectivity index (χ0) is 16.7. The van der Waals surface area contributed by atoms with Gasteiger partial charge in [-0.25, -0.2) is 22.5 Å². The number of halogens is 5. The Hall–Kier alpha value is -2.34. The fourth-order valence-electron chi connectivity index (χ4n) is 2.38. The first-order chi connectivity index (χ1) is 10.9. The van der Waals surface area contributed by atoms with Crippen molar-refractivity contribution >= 4 is 11.6 Å². The molecule has 0 amide bonds. The van der Waals surface area contributed by atoms with Gasteiger partial charge in [-0.1, -0.05) is 6.07 Å². The van der Waals surface area contributed by atoms with Gasteiger partial charge in [0, 0.05) is 0 Å². The molecule has 118 valence electrons. The summed E-state index contributed by atoms with van der Waals surface area (Å²) in [6.07, 6.45) is 0. The van der Waals surface area contributed by atoms with Crippen LogP contribution in [0.1, 0.15) is 5.69 Å². The molecule has 1 heterocycles. The van der Waals surface area contributed by atoms with Gasteiger partial charge < -0.3 is 0 Å². The molecule has 7 heteroatoms. The van der Waals surface area contributed by atoms with Crippen LogP contribution in [0.4, 0.5) is 17.6 Å². The third-order valence-electron chi connectivity index (χ3n) is 3.36. The van der Waals surface area contributed by atoms with Crippen molar-refractivity contribution in [3.05, 3.63) is 70.6 Å². The standard InChI is InChI=1S/C16H9ClF4N2/c1-8-15(13-11(19)5-6-12(20)14(13)21)23(16(17)22-8)10-4-2-3-9(18)7-10/h2-7H,1H3. The molecule has 0 bridgehead atoms. The van der Waals surface area contributed by atoms with Gasteiger partial charge in [-0.15, -0.1) is 0 Å². The van der Waals surface area contributed by atoms with E-state index in [9.17, 15) is 17.6 Å². The predicted molar refractivity (Wildman–Crippen MR) is 78.6 cm³/mol. The SMILES string of the molecule is Cc1nc(Cl)n(-c2cccc(F)c2)c1-c1c(F)ccc(F)c1F. The van der Waals surface area contributed by atoms with Crippen molar-refractivity contribution in [1.29, 1.82) is 0 Å². The molecular formula is C16H9ClF4N2. The fraction of sp³-hybridized carbons (Fsp3) is 0.0625. The van der Waals surface area contributed by atoms with Gasteiger partial charge in [0.25, 0.3) is 0 Å². The largest absolute Gasteiger partial charge is 0.283 e. The fourth-order valence-corrected chi connectivity index (χ4v) is 2.69. The number of rotatable bonds is 2. The maximum Gasteiger partial charge on any atom is 0.208 e. The molecule has 0 unspecified atom stereocenters. The quantitative estimate of drug-likeness (QED) is 0.471. The smallest absolute Gasteiger partial charge is 0.208 e. The lowest BCUT2D eigenvalue weighted by atomic mass is 10.1. The summed E-state index contributed by atoms with van der Waals surface area (Å²) >= 11 is 6.02. The molecule has 0 aliphatic carbocycles. The Labute approximate surface area is 134 Å². The van der Waals surface area contributed by atoms with E-state index in [-0.39, 0.29) is 22.4 Å². The maximum atomic E-state index is 14.1. The van der Waals surface area contributed by atoms with Crippen LogP contribution in [0.3, 0.4) is 0 Å². The van der Waals surface area contributed by atoms with Crippen molar-refractivity contribution in [2.75, 3.05) is 0 Å². The average Bonchev–Trinajstić information content (AvgIpc) is 2.78. The number of aryl methyl sites for hydroxylation is 1. The van der Waals surface area contributed by atoms with Gasteiger partial charge in [0.1, 0.15) is 11.6 Å². The van der Waals surface area contributed by atoms with E-state index < -0.39 is 28.8 Å². The van der Waals surface area contributed by atoms with Gasteiger partial charge in [0.05, 0.1) is 22.6 Å². The summed E-state index contributed by atoms with van der Waals surface area (Å²) < 4.78 is 56.4. The van der Waals surface area contributed by atoms with Crippen molar-refractivity contribution in [2.45, 2.75) is 6.92 Å². The lowest BCUT2D eigenvalue weighted by molar-refractivity contribution is 0.498. The molecule has 2 nitrogen and oxygen atoms in total. The van der Waals surface area contributed by atoms with Crippen LogP contribution >= 0.6 is 11.6 Å². The second kappa shape index (κ2) is 5.70. The highest BCUT2D eigenvalue weighted by molar-refractivity contribution is 6.29. The first-order valence-corrected chi connectivity index (χ1v) is 6.92. The lowest BCUT2D eigenvalue weighted by Crippen LogP contribution is -2.03. The highest BCUT2D eigenvalue weighted by atomic mass is 35.5. The molecule has 3 rings (SSSR count). The summed E-state index contributed by atoms with van der Waals surface area (Å²) in [7, 11) is 0. The third-order valence-corrected chi connectivity index (χ3v) is 3.61. The zero-order valence-electron chi connectivity index (χ0n) is 11.7. The molecule has 0 saturated heterocycles. The summed E-state index contributed by atoms with van der Waals surface area (Å²) in [5.41, 5.74) is -0.280. The highest BCUT2D eigenvalue weighted by Gasteiger charge is 2.24. The van der Waals surface area contributed by atoms with E-state index in [0.717, 1.165) is 12.1 Å². The molecule has 0 spiro atoms. The Bertz CT molecular complexity index is 905. The Morgan fingerprint density at radius 1 is 1.00 bits per heavy atom. The summed E-state index contributed by atoms with van der Waals surface area (Å²) in [4.78, 5) is 3.96. The van der Waals surface area contributed by atoms with Crippen LogP contribution in [0, 0.1) is 30.2 Å². The average molecular weight is 341 g/mol. The first kappa shape index (κ1) is 15.6. The number of hydrogen-bond donors (Lipinski definition) is 0. The molecule has 2 aromatic carbocycles. The number of imidazole rings is 1. The van der Waals surface area contributed by atoms with Gasteiger partial charge >= 0.3 is 0 Å². The third kappa shape index (κ3) is 2.59. The maximum absolute atomic E-state index is 14.1. The molecule has 23 heavy (non-hydrogen) atoms. The normalized spacial score (nSPS) is 11.0. The van der Waals surface area contributed by atoms with E-state index in [0.29, 0.717) is 6.07 Å². The first-order valence-electron chi connectivity index (χ1n) is 6.54. The Balaban J connectivity index is 2.37. The van der Waals surface area contributed by atoms with Crippen LogP contribution in [0.15, 0.2) is 36.4 Å². The zero-order valence-corrected chi connectivity index (χ0v) is 12.5. The van der Waals surface area contributed by atoms with Gasteiger partial charge in [-0.05, 0) is 48.9 Å². The van der Waals surface area contributed by atoms with Gasteiger partial charge in [-0.2, -0.15) is 0 Å². The lowest BCUT2D eigenvalue weighted by Gasteiger charge is -2.12. The summed E-state index contributed by atoms with van der Waals surface area (Å²) in [6.45, 7) is 1.47. The van der Waals surface area contributed by atoms with E-state index in [2.05, 4.69) is 4.98 Å². The molecule has 0 saturated carbocycles. The Morgan fingerprint density at radius 3 is 2.39 bits per heavy atom. The molecule has 0 atom stereocenters. The monoisotopic (exact) mass is 340 g/mol. The predicted octanol–water partition coefficient (Wildman–Crippen LogP) is 5.06. The van der Waals surface area contributed by atoms with E-state index >= 15 is 0 Å². The van der Waals surface area contributed by atoms with Crippen molar-refractivity contribution < 1.29 is 17.6 Å². The molecule has 1 aromatic heterocycles. The van der Waals surface area contributed by atoms with Crippen LogP contribution in [0.2, 0.25) is 5.28 Å². The Kier molecular flexibility index (Phi) is 3.85. The second-order valence-electron chi connectivity index (χ2n) is 4.85. The second-order valence-corrected chi connectivity index (χ2v) is 5.19. The molecule has 0 aliphatic rings. The summed E-state index contributed by atoms with van der Waals surface area (Å²) in [6, 6.07) is 6.75. The minimum Gasteiger partial charge on any atom is -0.283 e. The van der Waals surface area contributed by atoms with Crippen LogP contribution in [0.5, 0.6) is 0 Å². The van der Waals surface area contributed by atoms with Crippen molar-refractivity contribution in [3.8, 4) is 16.9 Å². The van der Waals surface area contributed by atoms with Crippen molar-refractivity contribution in [1.82, 2.24) is 9.55 Å². The molecule has 0 aliphatic heterocycles. The van der Waals surface area contributed by atoms with Crippen LogP contribution in [-0.2, 0) is 0 Å². The molecule has 0 radical (unpaired) electrons. The van der Waals surface area contributed by atoms with E-state index in [1.807, 2.05) is 0 Å². The molecule has 3 aromatic rings. The van der Waals surface area contributed by atoms with Crippen LogP contribution < -0.4 is 0 Å². The topological polar surface area (TPSA) is 17.8 Å². The number of benzene rings is 2. The van der Waals surface area contributed by atoms with E-state index in [1.54, 1.807) is 0 Å². The van der Waals surface area contributed by atoms with Gasteiger partial charge in [0.2, 0.25) is 5.28 Å². The van der Waals surface area contributed by atoms with E-state index in [1.165, 1.54) is 29.7 Å². The minimum absolute atomic E-state index is 0.0740. The van der Waals surface area contributed by atoms with Crippen molar-refractivity contribution in [2.24, 2.45) is 0 Å². The molecule has 0 fully saturated rings. The van der Waals surface area contributed by atoms with Gasteiger partial charge in [0.15, 0.2) is 11.6 Å². The van der Waals surface area contributed by atoms with Crippen LogP contribution in [0.25, 0.3) is 16.9 Å². The number of aromatic nitrogens is 2. The van der Waals surface area contributed by atoms with Gasteiger partial charge in [-0.3, -0.25) is 4.57 Å². The number of hydrogen-bond acceptors (Lipinski definition) is 1. The summed E-state index contributed by atoms with van der Waals surface area (Å²) in [5, 5.41) is -0.119. The minimum atomic E-state index is -1.36. The summed E-state index contributed by atoms with van der Waals surface area (Å²) in [5.74, 6) is -4.09. The van der Waals surface area contributed by atoms with Crippen LogP contribution in [-0.4, -0.2) is 9.55 Å². The Morgan fingerprint density at radius 2 is 1.70 bits per heavy atom.